The smallest absolute Gasteiger partial charge is 0.291 e. The van der Waals surface area contributed by atoms with Gasteiger partial charge in [-0.1, -0.05) is 17.4 Å². The van der Waals surface area contributed by atoms with Crippen LogP contribution in [0.25, 0.3) is 22.4 Å². The number of methoxy groups -OCH3 is 3. The number of benzene rings is 2. The second-order valence-corrected chi connectivity index (χ2v) is 7.47. The number of hydrogen-bond donors (Lipinski definition) is 0. The van der Waals surface area contributed by atoms with Crippen LogP contribution < -0.4 is 29.0 Å². The van der Waals surface area contributed by atoms with E-state index in [-0.39, 0.29) is 5.56 Å². The first-order chi connectivity index (χ1) is 15.1. The minimum atomic E-state index is -0.230. The topological polar surface area (TPSA) is 84.2 Å². The standard InChI is InChI=1S/C22H21N3O5S/c1-5-30-16-8-6-13(10-17(16)28-3)11-19-21(26)25-22(31-19)23-20(24-25)14-7-9-15(27-2)18(12-14)29-4/h6-12H,5H2,1-4H3/b19-11-. The zero-order valence-electron chi connectivity index (χ0n) is 17.5. The molecule has 0 spiro atoms. The third-order valence-corrected chi connectivity index (χ3v) is 5.57. The highest BCUT2D eigenvalue weighted by atomic mass is 32.1. The van der Waals surface area contributed by atoms with Gasteiger partial charge in [0.15, 0.2) is 28.8 Å². The fourth-order valence-corrected chi connectivity index (χ4v) is 4.04. The molecule has 0 unspecified atom stereocenters. The molecule has 0 fully saturated rings. The molecule has 31 heavy (non-hydrogen) atoms. The SMILES string of the molecule is CCOc1ccc(/C=c2\sc3nc(-c4ccc(OC)c(OC)c4)nn3c2=O)cc1OC. The molecular formula is C22H21N3O5S. The van der Waals surface area contributed by atoms with E-state index in [1.54, 1.807) is 39.5 Å². The molecule has 4 rings (SSSR count). The van der Waals surface area contributed by atoms with Crippen LogP contribution in [0.1, 0.15) is 12.5 Å². The molecule has 9 heteroatoms. The van der Waals surface area contributed by atoms with Crippen LogP contribution in [0.4, 0.5) is 0 Å². The van der Waals surface area contributed by atoms with E-state index in [1.165, 1.54) is 15.9 Å². The van der Waals surface area contributed by atoms with Crippen LogP contribution in [-0.2, 0) is 0 Å². The molecule has 2 aromatic heterocycles. The van der Waals surface area contributed by atoms with Crippen molar-refractivity contribution < 1.29 is 18.9 Å². The third kappa shape index (κ3) is 3.91. The summed E-state index contributed by atoms with van der Waals surface area (Å²) in [6, 6.07) is 10.9. The maximum atomic E-state index is 12.9. The van der Waals surface area contributed by atoms with Crippen molar-refractivity contribution in [2.24, 2.45) is 0 Å². The fourth-order valence-electron chi connectivity index (χ4n) is 3.13. The van der Waals surface area contributed by atoms with E-state index in [2.05, 4.69) is 10.1 Å². The van der Waals surface area contributed by atoms with Crippen LogP contribution in [-0.4, -0.2) is 42.5 Å². The number of aromatic nitrogens is 3. The van der Waals surface area contributed by atoms with Gasteiger partial charge in [-0.2, -0.15) is 9.50 Å². The van der Waals surface area contributed by atoms with E-state index >= 15 is 0 Å². The van der Waals surface area contributed by atoms with E-state index in [1.807, 2.05) is 31.2 Å². The van der Waals surface area contributed by atoms with Crippen LogP contribution >= 0.6 is 11.3 Å². The summed E-state index contributed by atoms with van der Waals surface area (Å²) in [5.74, 6) is 2.89. The lowest BCUT2D eigenvalue weighted by molar-refractivity contribution is 0.311. The van der Waals surface area contributed by atoms with Crippen molar-refractivity contribution in [1.82, 2.24) is 14.6 Å². The molecule has 0 N–H and O–H groups in total. The minimum Gasteiger partial charge on any atom is -0.493 e. The van der Waals surface area contributed by atoms with Gasteiger partial charge in [-0.25, -0.2) is 0 Å². The first-order valence-electron chi connectivity index (χ1n) is 9.52. The van der Waals surface area contributed by atoms with Gasteiger partial charge in [-0.15, -0.1) is 5.10 Å². The summed E-state index contributed by atoms with van der Waals surface area (Å²) in [5, 5.41) is 4.39. The molecule has 0 atom stereocenters. The maximum Gasteiger partial charge on any atom is 0.291 e. The van der Waals surface area contributed by atoms with Crippen molar-refractivity contribution in [2.75, 3.05) is 27.9 Å². The molecule has 0 saturated carbocycles. The molecule has 4 aromatic rings. The highest BCUT2D eigenvalue weighted by Crippen LogP contribution is 2.31. The van der Waals surface area contributed by atoms with Crippen LogP contribution in [0.15, 0.2) is 41.2 Å². The van der Waals surface area contributed by atoms with E-state index in [0.29, 0.717) is 44.9 Å². The number of thiazole rings is 1. The predicted octanol–water partition coefficient (Wildman–Crippen LogP) is 2.79. The molecule has 0 bridgehead atoms. The molecule has 0 amide bonds. The maximum absolute atomic E-state index is 12.9. The van der Waals surface area contributed by atoms with Crippen LogP contribution in [0.3, 0.4) is 0 Å². The minimum absolute atomic E-state index is 0.230. The van der Waals surface area contributed by atoms with Crippen LogP contribution in [0, 0.1) is 0 Å². The Morgan fingerprint density at radius 3 is 2.35 bits per heavy atom. The number of ether oxygens (including phenoxy) is 4. The highest BCUT2D eigenvalue weighted by Gasteiger charge is 2.14. The number of fused-ring (bicyclic) bond motifs is 1. The first kappa shape index (κ1) is 20.7. The van der Waals surface area contributed by atoms with Gasteiger partial charge in [-0.3, -0.25) is 4.79 Å². The summed E-state index contributed by atoms with van der Waals surface area (Å²) in [7, 11) is 4.72. The lowest BCUT2D eigenvalue weighted by Gasteiger charge is -2.09. The normalized spacial score (nSPS) is 11.7. The Labute approximate surface area is 182 Å². The van der Waals surface area contributed by atoms with Gasteiger partial charge in [0, 0.05) is 5.56 Å². The van der Waals surface area contributed by atoms with Crippen molar-refractivity contribution in [1.29, 1.82) is 0 Å². The largest absolute Gasteiger partial charge is 0.493 e. The molecule has 0 radical (unpaired) electrons. The zero-order chi connectivity index (χ0) is 22.0. The van der Waals surface area contributed by atoms with Gasteiger partial charge in [0.2, 0.25) is 4.96 Å². The van der Waals surface area contributed by atoms with E-state index in [4.69, 9.17) is 18.9 Å². The molecule has 8 nitrogen and oxygen atoms in total. The van der Waals surface area contributed by atoms with Gasteiger partial charge in [0.25, 0.3) is 5.56 Å². The van der Waals surface area contributed by atoms with Crippen molar-refractivity contribution in [2.45, 2.75) is 6.92 Å². The summed E-state index contributed by atoms with van der Waals surface area (Å²) >= 11 is 1.27. The predicted molar refractivity (Wildman–Crippen MR) is 119 cm³/mol. The summed E-state index contributed by atoms with van der Waals surface area (Å²) in [4.78, 5) is 17.9. The Morgan fingerprint density at radius 2 is 1.68 bits per heavy atom. The van der Waals surface area contributed by atoms with E-state index in [9.17, 15) is 4.79 Å². The van der Waals surface area contributed by atoms with Crippen LogP contribution in [0.2, 0.25) is 0 Å². The Hall–Kier alpha value is -3.59. The lowest BCUT2D eigenvalue weighted by atomic mass is 10.2. The molecule has 0 saturated heterocycles. The molecule has 2 aromatic carbocycles. The van der Waals surface area contributed by atoms with Gasteiger partial charge >= 0.3 is 0 Å². The van der Waals surface area contributed by atoms with Gasteiger partial charge in [0.1, 0.15) is 0 Å². The Morgan fingerprint density at radius 1 is 0.968 bits per heavy atom. The molecular weight excluding hydrogens is 418 g/mol. The summed E-state index contributed by atoms with van der Waals surface area (Å²) < 4.78 is 23.4. The Bertz CT molecular complexity index is 1350. The van der Waals surface area contributed by atoms with Crippen LogP contribution in [0.5, 0.6) is 23.0 Å². The van der Waals surface area contributed by atoms with Gasteiger partial charge in [0.05, 0.1) is 32.5 Å². The molecule has 160 valence electrons. The van der Waals surface area contributed by atoms with E-state index < -0.39 is 0 Å². The molecule has 0 aliphatic rings. The Kier molecular flexibility index (Phi) is 5.77. The Balaban J connectivity index is 1.72. The molecule has 0 aliphatic heterocycles. The quantitative estimate of drug-likeness (QED) is 0.438. The third-order valence-electron chi connectivity index (χ3n) is 4.61. The summed E-state index contributed by atoms with van der Waals surface area (Å²) in [6.07, 6.45) is 1.79. The van der Waals surface area contributed by atoms with Crippen molar-refractivity contribution in [3.63, 3.8) is 0 Å². The first-order valence-corrected chi connectivity index (χ1v) is 10.3. The number of rotatable bonds is 7. The fraction of sp³-hybridized carbons (Fsp3) is 0.227. The monoisotopic (exact) mass is 439 g/mol. The summed E-state index contributed by atoms with van der Waals surface area (Å²) in [6.45, 7) is 2.45. The second-order valence-electron chi connectivity index (χ2n) is 6.46. The highest BCUT2D eigenvalue weighted by molar-refractivity contribution is 7.15. The average Bonchev–Trinajstić information content (AvgIpc) is 3.33. The number of hydrogen-bond acceptors (Lipinski definition) is 8. The average molecular weight is 439 g/mol. The number of nitrogens with zero attached hydrogens (tertiary/aromatic N) is 3. The van der Waals surface area contributed by atoms with Crippen molar-refractivity contribution in [3.05, 3.63) is 56.8 Å². The van der Waals surface area contributed by atoms with E-state index in [0.717, 1.165) is 11.1 Å². The lowest BCUT2D eigenvalue weighted by Crippen LogP contribution is -2.23. The summed E-state index contributed by atoms with van der Waals surface area (Å²) in [5.41, 5.74) is 1.32. The van der Waals surface area contributed by atoms with Gasteiger partial charge in [-0.05, 0) is 48.9 Å². The molecule has 2 heterocycles. The second kappa shape index (κ2) is 8.65. The van der Waals surface area contributed by atoms with Gasteiger partial charge < -0.3 is 18.9 Å². The zero-order valence-corrected chi connectivity index (χ0v) is 18.4. The van der Waals surface area contributed by atoms with Crippen molar-refractivity contribution >= 4 is 22.4 Å². The molecule has 0 aliphatic carbocycles. The van der Waals surface area contributed by atoms with Crippen molar-refractivity contribution in [3.8, 4) is 34.4 Å².